The highest BCUT2D eigenvalue weighted by Gasteiger charge is 2.18. The monoisotopic (exact) mass is 294 g/mol. The summed E-state index contributed by atoms with van der Waals surface area (Å²) < 4.78 is 10.4. The Morgan fingerprint density at radius 3 is 2.43 bits per heavy atom. The maximum Gasteiger partial charge on any atom is 0.412 e. The van der Waals surface area contributed by atoms with Gasteiger partial charge >= 0.3 is 6.09 Å². The van der Waals surface area contributed by atoms with Crippen molar-refractivity contribution in [3.8, 4) is 5.75 Å². The van der Waals surface area contributed by atoms with Crippen LogP contribution < -0.4 is 15.4 Å². The fraction of sp³-hybridized carbons (Fsp3) is 0.467. The van der Waals surface area contributed by atoms with Crippen LogP contribution in [0.15, 0.2) is 18.2 Å². The van der Waals surface area contributed by atoms with Crippen LogP contribution in [0.25, 0.3) is 0 Å². The normalized spacial score (nSPS) is 10.9. The van der Waals surface area contributed by atoms with Gasteiger partial charge in [0, 0.05) is 5.56 Å². The molecule has 0 fully saturated rings. The molecule has 21 heavy (non-hydrogen) atoms. The van der Waals surface area contributed by atoms with E-state index < -0.39 is 11.7 Å². The van der Waals surface area contributed by atoms with Gasteiger partial charge in [-0.25, -0.2) is 4.79 Å². The lowest BCUT2D eigenvalue weighted by Gasteiger charge is -2.20. The van der Waals surface area contributed by atoms with E-state index >= 15 is 0 Å². The maximum absolute atomic E-state index is 11.9. The van der Waals surface area contributed by atoms with E-state index in [0.717, 1.165) is 0 Å². The Bertz CT molecular complexity index is 521. The van der Waals surface area contributed by atoms with Gasteiger partial charge in [0.15, 0.2) is 5.78 Å². The number of likely N-dealkylation sites (N-methyl/N-ethyl adjacent to an activating group) is 1. The van der Waals surface area contributed by atoms with Gasteiger partial charge in [-0.05, 0) is 46.0 Å². The molecule has 1 amide bonds. The van der Waals surface area contributed by atoms with E-state index in [1.54, 1.807) is 46.0 Å². The van der Waals surface area contributed by atoms with Gasteiger partial charge < -0.3 is 14.8 Å². The van der Waals surface area contributed by atoms with E-state index in [0.29, 0.717) is 17.0 Å². The van der Waals surface area contributed by atoms with Crippen LogP contribution in [0.1, 0.15) is 31.1 Å². The first-order valence-corrected chi connectivity index (χ1v) is 6.62. The number of methoxy groups -OCH3 is 1. The molecule has 0 atom stereocenters. The van der Waals surface area contributed by atoms with Gasteiger partial charge in [-0.1, -0.05) is 0 Å². The van der Waals surface area contributed by atoms with Crippen molar-refractivity contribution >= 4 is 17.6 Å². The topological polar surface area (TPSA) is 76.7 Å². The largest absolute Gasteiger partial charge is 0.495 e. The number of hydrogen-bond acceptors (Lipinski definition) is 5. The summed E-state index contributed by atoms with van der Waals surface area (Å²) in [5.41, 5.74) is 0.279. The van der Waals surface area contributed by atoms with E-state index in [9.17, 15) is 9.59 Å². The summed E-state index contributed by atoms with van der Waals surface area (Å²) in [4.78, 5) is 23.7. The number of anilines is 1. The smallest absolute Gasteiger partial charge is 0.412 e. The average Bonchev–Trinajstić information content (AvgIpc) is 2.36. The van der Waals surface area contributed by atoms with Crippen molar-refractivity contribution < 1.29 is 19.1 Å². The number of ketones is 1. The zero-order chi connectivity index (χ0) is 16.0. The molecule has 0 aromatic heterocycles. The molecule has 0 unspecified atom stereocenters. The van der Waals surface area contributed by atoms with Crippen molar-refractivity contribution in [2.24, 2.45) is 0 Å². The van der Waals surface area contributed by atoms with Crippen LogP contribution >= 0.6 is 0 Å². The van der Waals surface area contributed by atoms with Crippen LogP contribution in [0.2, 0.25) is 0 Å². The lowest BCUT2D eigenvalue weighted by molar-refractivity contribution is 0.0635. The molecular weight excluding hydrogens is 272 g/mol. The zero-order valence-electron chi connectivity index (χ0n) is 13.1. The quantitative estimate of drug-likeness (QED) is 0.816. The SMILES string of the molecule is CNCC(=O)c1ccc(OC)c(NC(=O)OC(C)(C)C)c1. The minimum Gasteiger partial charge on any atom is -0.495 e. The second-order valence-corrected chi connectivity index (χ2v) is 5.50. The molecule has 2 N–H and O–H groups in total. The molecule has 0 aliphatic rings. The van der Waals surface area contributed by atoms with E-state index in [1.165, 1.54) is 7.11 Å². The molecule has 0 radical (unpaired) electrons. The predicted molar refractivity (Wildman–Crippen MR) is 81.1 cm³/mol. The number of carbonyl (C=O) groups is 2. The van der Waals surface area contributed by atoms with Crippen LogP contribution in [-0.2, 0) is 4.74 Å². The summed E-state index contributed by atoms with van der Waals surface area (Å²) in [6, 6.07) is 4.86. The van der Waals surface area contributed by atoms with Crippen LogP contribution in [-0.4, -0.2) is 38.2 Å². The number of benzene rings is 1. The molecule has 116 valence electrons. The first-order chi connectivity index (χ1) is 9.76. The third-order valence-corrected chi connectivity index (χ3v) is 2.49. The minimum absolute atomic E-state index is 0.0765. The highest BCUT2D eigenvalue weighted by Crippen LogP contribution is 2.26. The van der Waals surface area contributed by atoms with E-state index in [1.807, 2.05) is 0 Å². The lowest BCUT2D eigenvalue weighted by Crippen LogP contribution is -2.27. The summed E-state index contributed by atoms with van der Waals surface area (Å²) in [6.07, 6.45) is -0.598. The van der Waals surface area contributed by atoms with Crippen LogP contribution in [0.3, 0.4) is 0 Å². The van der Waals surface area contributed by atoms with Crippen molar-refractivity contribution in [2.75, 3.05) is 26.0 Å². The molecule has 0 spiro atoms. The van der Waals surface area contributed by atoms with Crippen LogP contribution in [0.5, 0.6) is 5.75 Å². The second kappa shape index (κ2) is 7.08. The Morgan fingerprint density at radius 2 is 1.90 bits per heavy atom. The molecule has 0 bridgehead atoms. The fourth-order valence-corrected chi connectivity index (χ4v) is 1.66. The van der Waals surface area contributed by atoms with Crippen LogP contribution in [0.4, 0.5) is 10.5 Å². The predicted octanol–water partition coefficient (Wildman–Crippen LogP) is 2.44. The number of amides is 1. The molecule has 1 rings (SSSR count). The number of nitrogens with one attached hydrogen (secondary N) is 2. The highest BCUT2D eigenvalue weighted by atomic mass is 16.6. The summed E-state index contributed by atoms with van der Waals surface area (Å²) in [7, 11) is 3.19. The molecule has 6 heteroatoms. The number of carbonyl (C=O) groups excluding carboxylic acids is 2. The van der Waals surface area contributed by atoms with Crippen molar-refractivity contribution in [3.63, 3.8) is 0 Å². The Morgan fingerprint density at radius 1 is 1.24 bits per heavy atom. The first kappa shape index (κ1) is 17.0. The molecular formula is C15H22N2O4. The molecule has 0 saturated heterocycles. The standard InChI is InChI=1S/C15H22N2O4/c1-15(2,3)21-14(19)17-11-8-10(12(18)9-16-4)6-7-13(11)20-5/h6-8,16H,9H2,1-5H3,(H,17,19). The van der Waals surface area contributed by atoms with Gasteiger partial charge in [0.25, 0.3) is 0 Å². The summed E-state index contributed by atoms with van der Waals surface area (Å²) in [5, 5.41) is 5.39. The number of Topliss-reactive ketones (excluding diaryl/α,β-unsaturated/α-hetero) is 1. The van der Waals surface area contributed by atoms with Gasteiger partial charge in [0.05, 0.1) is 19.3 Å². The van der Waals surface area contributed by atoms with Gasteiger partial charge in [-0.15, -0.1) is 0 Å². The molecule has 0 aliphatic heterocycles. The van der Waals surface area contributed by atoms with Gasteiger partial charge in [0.1, 0.15) is 11.4 Å². The Hall–Kier alpha value is -2.08. The Balaban J connectivity index is 2.95. The number of rotatable bonds is 5. The Labute approximate surface area is 124 Å². The lowest BCUT2D eigenvalue weighted by atomic mass is 10.1. The average molecular weight is 294 g/mol. The summed E-state index contributed by atoms with van der Waals surface area (Å²) in [5.74, 6) is 0.384. The van der Waals surface area contributed by atoms with Gasteiger partial charge in [0.2, 0.25) is 0 Å². The van der Waals surface area contributed by atoms with Gasteiger partial charge in [-0.2, -0.15) is 0 Å². The molecule has 1 aromatic carbocycles. The minimum atomic E-state index is -0.600. The third kappa shape index (κ3) is 5.43. The Kier molecular flexibility index (Phi) is 5.72. The molecule has 1 aromatic rings. The van der Waals surface area contributed by atoms with Gasteiger partial charge in [-0.3, -0.25) is 10.1 Å². The van der Waals surface area contributed by atoms with Crippen molar-refractivity contribution in [3.05, 3.63) is 23.8 Å². The summed E-state index contributed by atoms with van der Waals surface area (Å²) >= 11 is 0. The first-order valence-electron chi connectivity index (χ1n) is 6.62. The number of ether oxygens (including phenoxy) is 2. The van der Waals surface area contributed by atoms with Crippen molar-refractivity contribution in [1.29, 1.82) is 0 Å². The highest BCUT2D eigenvalue weighted by molar-refractivity contribution is 5.99. The zero-order valence-corrected chi connectivity index (χ0v) is 13.1. The number of hydrogen-bond donors (Lipinski definition) is 2. The van der Waals surface area contributed by atoms with E-state index in [2.05, 4.69) is 10.6 Å². The second-order valence-electron chi connectivity index (χ2n) is 5.50. The molecule has 0 saturated carbocycles. The fourth-order valence-electron chi connectivity index (χ4n) is 1.66. The van der Waals surface area contributed by atoms with E-state index in [4.69, 9.17) is 9.47 Å². The molecule has 6 nitrogen and oxygen atoms in total. The molecule has 0 aliphatic carbocycles. The third-order valence-electron chi connectivity index (χ3n) is 2.49. The van der Waals surface area contributed by atoms with Crippen LogP contribution in [0, 0.1) is 0 Å². The molecule has 0 heterocycles. The van der Waals surface area contributed by atoms with Crippen molar-refractivity contribution in [2.45, 2.75) is 26.4 Å². The van der Waals surface area contributed by atoms with E-state index in [-0.39, 0.29) is 12.3 Å². The maximum atomic E-state index is 11.9. The van der Waals surface area contributed by atoms with Crippen molar-refractivity contribution in [1.82, 2.24) is 5.32 Å². The summed E-state index contributed by atoms with van der Waals surface area (Å²) in [6.45, 7) is 5.54.